The molecule has 0 spiro atoms. The van der Waals surface area contributed by atoms with Crippen molar-refractivity contribution in [1.82, 2.24) is 9.88 Å². The number of nitrogens with zero attached hydrogens (tertiary/aromatic N) is 2. The minimum Gasteiger partial charge on any atom is -0.370 e. The first-order valence-electron chi connectivity index (χ1n) is 6.86. The lowest BCUT2D eigenvalue weighted by Crippen LogP contribution is -2.37. The minimum absolute atomic E-state index is 0. The number of para-hydroxylation sites is 1. The zero-order valence-corrected chi connectivity index (χ0v) is 14.4. The molecule has 1 heterocycles. The van der Waals surface area contributed by atoms with Crippen molar-refractivity contribution in [2.24, 2.45) is 10.7 Å². The molecule has 1 aromatic carbocycles. The fourth-order valence-corrected chi connectivity index (χ4v) is 2.28. The van der Waals surface area contributed by atoms with E-state index in [2.05, 4.69) is 53.1 Å². The molecule has 2 rings (SSSR count). The van der Waals surface area contributed by atoms with E-state index in [1.54, 1.807) is 0 Å². The van der Waals surface area contributed by atoms with Gasteiger partial charge >= 0.3 is 0 Å². The average Bonchev–Trinajstić information content (AvgIpc) is 2.84. The molecule has 2 aromatic rings. The minimum atomic E-state index is 0. The topological polar surface area (TPSA) is 57.4 Å². The van der Waals surface area contributed by atoms with Crippen molar-refractivity contribution in [1.29, 1.82) is 0 Å². The molecular formula is C15H23IN4. The Morgan fingerprint density at radius 1 is 1.25 bits per heavy atom. The third-order valence-electron chi connectivity index (χ3n) is 3.42. The highest BCUT2D eigenvalue weighted by molar-refractivity contribution is 14.0. The number of aromatic nitrogens is 1. The van der Waals surface area contributed by atoms with E-state index in [-0.39, 0.29) is 24.0 Å². The summed E-state index contributed by atoms with van der Waals surface area (Å²) < 4.78 is 0. The number of nitrogens with two attached hydrogens (primary N) is 1. The third-order valence-corrected chi connectivity index (χ3v) is 3.42. The number of benzene rings is 1. The number of rotatable bonds is 5. The molecule has 4 nitrogen and oxygen atoms in total. The Morgan fingerprint density at radius 3 is 2.65 bits per heavy atom. The quantitative estimate of drug-likeness (QED) is 0.472. The number of aliphatic imine (C=N–C) groups is 1. The Morgan fingerprint density at radius 2 is 1.95 bits per heavy atom. The molecular weight excluding hydrogens is 363 g/mol. The SMILES string of the molecule is CCN(CC)C(N)=NCCc1c[nH]c2ccccc12.I. The predicted octanol–water partition coefficient (Wildman–Crippen LogP) is 2.98. The first kappa shape index (κ1) is 16.8. The summed E-state index contributed by atoms with van der Waals surface area (Å²) in [7, 11) is 0. The molecule has 0 bridgehead atoms. The van der Waals surface area contributed by atoms with Gasteiger partial charge in [0, 0.05) is 36.7 Å². The van der Waals surface area contributed by atoms with E-state index in [1.165, 1.54) is 16.5 Å². The highest BCUT2D eigenvalue weighted by atomic mass is 127. The van der Waals surface area contributed by atoms with Gasteiger partial charge in [-0.1, -0.05) is 18.2 Å². The normalized spacial score (nSPS) is 11.4. The molecule has 1 aromatic heterocycles. The van der Waals surface area contributed by atoms with Crippen molar-refractivity contribution < 1.29 is 0 Å². The Balaban J connectivity index is 0.00000200. The second-order valence-electron chi connectivity index (χ2n) is 4.52. The van der Waals surface area contributed by atoms with Crippen LogP contribution in [0.3, 0.4) is 0 Å². The Bertz CT molecular complexity index is 558. The Hall–Kier alpha value is -1.24. The van der Waals surface area contributed by atoms with Crippen molar-refractivity contribution in [3.8, 4) is 0 Å². The fraction of sp³-hybridized carbons (Fsp3) is 0.400. The molecule has 0 radical (unpaired) electrons. The van der Waals surface area contributed by atoms with E-state index in [1.807, 2.05) is 6.07 Å². The predicted molar refractivity (Wildman–Crippen MR) is 96.8 cm³/mol. The number of aromatic amines is 1. The van der Waals surface area contributed by atoms with Gasteiger partial charge in [0.05, 0.1) is 0 Å². The van der Waals surface area contributed by atoms with Crippen LogP contribution < -0.4 is 5.73 Å². The van der Waals surface area contributed by atoms with Crippen LogP contribution in [0.1, 0.15) is 19.4 Å². The summed E-state index contributed by atoms with van der Waals surface area (Å²) in [5.41, 5.74) is 8.44. The van der Waals surface area contributed by atoms with Crippen LogP contribution in [-0.2, 0) is 6.42 Å². The van der Waals surface area contributed by atoms with Gasteiger partial charge in [0.25, 0.3) is 0 Å². The second kappa shape index (κ2) is 8.14. The van der Waals surface area contributed by atoms with E-state index < -0.39 is 0 Å². The summed E-state index contributed by atoms with van der Waals surface area (Å²) in [6.07, 6.45) is 2.97. The second-order valence-corrected chi connectivity index (χ2v) is 4.52. The van der Waals surface area contributed by atoms with E-state index in [4.69, 9.17) is 5.73 Å². The number of nitrogens with one attached hydrogen (secondary N) is 1. The smallest absolute Gasteiger partial charge is 0.191 e. The molecule has 0 amide bonds. The molecule has 0 saturated carbocycles. The van der Waals surface area contributed by atoms with Gasteiger partial charge in [-0.15, -0.1) is 24.0 Å². The van der Waals surface area contributed by atoms with Crippen LogP contribution in [0.25, 0.3) is 10.9 Å². The standard InChI is InChI=1S/C15H22N4.HI/c1-3-19(4-2)15(16)17-10-9-12-11-18-14-8-6-5-7-13(12)14;/h5-8,11,18H,3-4,9-10H2,1-2H3,(H2,16,17);1H. The van der Waals surface area contributed by atoms with E-state index in [0.717, 1.165) is 26.1 Å². The van der Waals surface area contributed by atoms with E-state index >= 15 is 0 Å². The van der Waals surface area contributed by atoms with E-state index in [9.17, 15) is 0 Å². The molecule has 0 aliphatic heterocycles. The largest absolute Gasteiger partial charge is 0.370 e. The van der Waals surface area contributed by atoms with Gasteiger partial charge in [-0.25, -0.2) is 0 Å². The molecule has 20 heavy (non-hydrogen) atoms. The lowest BCUT2D eigenvalue weighted by Gasteiger charge is -2.19. The molecule has 0 unspecified atom stereocenters. The van der Waals surface area contributed by atoms with Crippen LogP contribution in [0.15, 0.2) is 35.5 Å². The van der Waals surface area contributed by atoms with Gasteiger partial charge < -0.3 is 15.6 Å². The summed E-state index contributed by atoms with van der Waals surface area (Å²) >= 11 is 0. The van der Waals surface area contributed by atoms with Crippen molar-refractivity contribution in [2.45, 2.75) is 20.3 Å². The number of halogens is 1. The molecule has 3 N–H and O–H groups in total. The maximum absolute atomic E-state index is 5.96. The summed E-state index contributed by atoms with van der Waals surface area (Å²) in [5, 5.41) is 1.28. The molecule has 0 saturated heterocycles. The number of H-pyrrole nitrogens is 1. The zero-order valence-electron chi connectivity index (χ0n) is 12.1. The summed E-state index contributed by atoms with van der Waals surface area (Å²) in [5.74, 6) is 0.643. The third kappa shape index (κ3) is 3.88. The van der Waals surface area contributed by atoms with Crippen molar-refractivity contribution in [3.63, 3.8) is 0 Å². The number of guanidine groups is 1. The highest BCUT2D eigenvalue weighted by Crippen LogP contribution is 2.17. The molecule has 5 heteroatoms. The first-order valence-corrected chi connectivity index (χ1v) is 6.86. The highest BCUT2D eigenvalue weighted by Gasteiger charge is 2.04. The molecule has 0 atom stereocenters. The van der Waals surface area contributed by atoms with Gasteiger partial charge in [-0.2, -0.15) is 0 Å². The lowest BCUT2D eigenvalue weighted by atomic mass is 10.1. The summed E-state index contributed by atoms with van der Waals surface area (Å²) in [6, 6.07) is 8.33. The number of hydrogen-bond donors (Lipinski definition) is 2. The van der Waals surface area contributed by atoms with E-state index in [0.29, 0.717) is 5.96 Å². The molecule has 0 aliphatic carbocycles. The van der Waals surface area contributed by atoms with Crippen LogP contribution in [0.4, 0.5) is 0 Å². The van der Waals surface area contributed by atoms with Gasteiger partial charge in [0.2, 0.25) is 0 Å². The lowest BCUT2D eigenvalue weighted by molar-refractivity contribution is 0.458. The summed E-state index contributed by atoms with van der Waals surface area (Å²) in [4.78, 5) is 9.80. The maximum atomic E-state index is 5.96. The average molecular weight is 386 g/mol. The Labute approximate surface area is 137 Å². The molecule has 0 fully saturated rings. The fourth-order valence-electron chi connectivity index (χ4n) is 2.28. The molecule has 0 aliphatic rings. The van der Waals surface area contributed by atoms with Gasteiger partial charge in [0.15, 0.2) is 5.96 Å². The van der Waals surface area contributed by atoms with Crippen LogP contribution >= 0.6 is 24.0 Å². The monoisotopic (exact) mass is 386 g/mol. The van der Waals surface area contributed by atoms with Crippen molar-refractivity contribution in [2.75, 3.05) is 19.6 Å². The zero-order chi connectivity index (χ0) is 13.7. The maximum Gasteiger partial charge on any atom is 0.191 e. The summed E-state index contributed by atoms with van der Waals surface area (Å²) in [6.45, 7) is 6.71. The first-order chi connectivity index (χ1) is 9.26. The number of fused-ring (bicyclic) bond motifs is 1. The van der Waals surface area contributed by atoms with Crippen LogP contribution in [0.5, 0.6) is 0 Å². The van der Waals surface area contributed by atoms with Gasteiger partial charge in [0.1, 0.15) is 0 Å². The van der Waals surface area contributed by atoms with Crippen molar-refractivity contribution in [3.05, 3.63) is 36.0 Å². The molecule has 110 valence electrons. The van der Waals surface area contributed by atoms with Crippen LogP contribution in [-0.4, -0.2) is 35.5 Å². The Kier molecular flexibility index (Phi) is 6.84. The van der Waals surface area contributed by atoms with Gasteiger partial charge in [-0.05, 0) is 31.9 Å². The van der Waals surface area contributed by atoms with Crippen molar-refractivity contribution >= 4 is 40.8 Å². The van der Waals surface area contributed by atoms with Gasteiger partial charge in [-0.3, -0.25) is 4.99 Å². The van der Waals surface area contributed by atoms with Crippen LogP contribution in [0.2, 0.25) is 0 Å². The number of hydrogen-bond acceptors (Lipinski definition) is 1. The van der Waals surface area contributed by atoms with Crippen LogP contribution in [0, 0.1) is 0 Å².